The third-order valence-corrected chi connectivity index (χ3v) is 6.96. The van der Waals surface area contributed by atoms with Gasteiger partial charge in [0.25, 0.3) is 0 Å². The van der Waals surface area contributed by atoms with E-state index in [2.05, 4.69) is 82.9 Å². The first kappa shape index (κ1) is 26.4. The Balaban J connectivity index is 1.90. The molecule has 0 radical (unpaired) electrons. The van der Waals surface area contributed by atoms with Crippen LogP contribution in [0.15, 0.2) is 65.8 Å². The molecular formula is C34H35N5. The van der Waals surface area contributed by atoms with Gasteiger partial charge >= 0.3 is 0 Å². The second kappa shape index (κ2) is 10.5. The third kappa shape index (κ3) is 5.22. The number of benzene rings is 1. The number of aryl methyl sites for hydroxylation is 1. The highest BCUT2D eigenvalue weighted by Gasteiger charge is 2.22. The number of nitrogens with zero attached hydrogens (tertiary/aromatic N) is 5. The zero-order valence-electron chi connectivity index (χ0n) is 23.7. The van der Waals surface area contributed by atoms with Crippen LogP contribution in [0, 0.1) is 18.3 Å². The first-order valence-electron chi connectivity index (χ1n) is 13.6. The molecule has 1 unspecified atom stereocenters. The van der Waals surface area contributed by atoms with E-state index in [1.54, 1.807) is 0 Å². The molecule has 0 N–H and O–H groups in total. The van der Waals surface area contributed by atoms with Crippen molar-refractivity contribution in [2.75, 3.05) is 0 Å². The number of aromatic nitrogens is 4. The van der Waals surface area contributed by atoms with Gasteiger partial charge in [0.1, 0.15) is 16.6 Å². The first-order chi connectivity index (χ1) is 18.7. The van der Waals surface area contributed by atoms with Crippen LogP contribution in [-0.2, 0) is 0 Å². The summed E-state index contributed by atoms with van der Waals surface area (Å²) in [5.74, 6) is 0.297. The molecule has 2 aliphatic rings. The standard InChI is InChI=1S/C34H35N5/c1-8-10-12-24(22(4)11-9-2)35-29-23(5)30-32(39-28-18-20-34(6,7)19-17-27(28)36-30)33-31(29)37-25-15-13-21(3)14-16-26(25)38-33/h9-21H,4,8H2,1-3,5-7H3/b11-9-,12-10-,35-24?. The minimum absolute atomic E-state index is 0.0836. The Kier molecular flexibility index (Phi) is 7.09. The monoisotopic (exact) mass is 513 g/mol. The summed E-state index contributed by atoms with van der Waals surface area (Å²) in [5, 5.41) is 0. The van der Waals surface area contributed by atoms with Crippen molar-refractivity contribution < 1.29 is 0 Å². The van der Waals surface area contributed by atoms with Gasteiger partial charge in [-0.15, -0.1) is 0 Å². The van der Waals surface area contributed by atoms with E-state index < -0.39 is 0 Å². The lowest BCUT2D eigenvalue weighted by Crippen LogP contribution is -2.03. The molecule has 2 aromatic heterocycles. The average molecular weight is 514 g/mol. The summed E-state index contributed by atoms with van der Waals surface area (Å²) in [6, 6.07) is 0. The van der Waals surface area contributed by atoms with Crippen LogP contribution in [0.4, 0.5) is 5.69 Å². The first-order valence-corrected chi connectivity index (χ1v) is 13.6. The lowest BCUT2D eigenvalue weighted by molar-refractivity contribution is 0.633. The molecule has 0 aliphatic heterocycles. The number of allylic oxidation sites excluding steroid dienone is 9. The van der Waals surface area contributed by atoms with Gasteiger partial charge in [-0.25, -0.2) is 24.9 Å². The van der Waals surface area contributed by atoms with Crippen LogP contribution in [-0.4, -0.2) is 25.6 Å². The summed E-state index contributed by atoms with van der Waals surface area (Å²) in [5.41, 5.74) is 9.43. The van der Waals surface area contributed by atoms with Crippen molar-refractivity contribution in [1.29, 1.82) is 0 Å². The quantitative estimate of drug-likeness (QED) is 0.194. The fourth-order valence-corrected chi connectivity index (χ4v) is 4.64. The Bertz CT molecular complexity index is 1710. The van der Waals surface area contributed by atoms with Crippen molar-refractivity contribution in [1.82, 2.24) is 19.9 Å². The summed E-state index contributed by atoms with van der Waals surface area (Å²) in [4.78, 5) is 25.7. The number of hydrogen-bond donors (Lipinski definition) is 0. The number of rotatable bonds is 5. The number of hydrogen-bond acceptors (Lipinski definition) is 5. The molecule has 2 heterocycles. The van der Waals surface area contributed by atoms with Crippen molar-refractivity contribution in [2.24, 2.45) is 16.3 Å². The molecule has 0 spiro atoms. The Morgan fingerprint density at radius 2 is 1.41 bits per heavy atom. The average Bonchev–Trinajstić information content (AvgIpc) is 3.19. The van der Waals surface area contributed by atoms with Gasteiger partial charge in [0, 0.05) is 11.0 Å². The normalized spacial score (nSPS) is 18.2. The van der Waals surface area contributed by atoms with E-state index in [0.29, 0.717) is 17.0 Å². The Hall–Kier alpha value is -4.25. The van der Waals surface area contributed by atoms with Crippen LogP contribution in [0.1, 0.15) is 69.4 Å². The van der Waals surface area contributed by atoms with E-state index in [9.17, 15) is 0 Å². The second-order valence-corrected chi connectivity index (χ2v) is 10.8. The van der Waals surface area contributed by atoms with E-state index in [1.165, 1.54) is 0 Å². The highest BCUT2D eigenvalue weighted by atomic mass is 14.9. The van der Waals surface area contributed by atoms with E-state index in [-0.39, 0.29) is 5.41 Å². The Labute approximate surface area is 230 Å². The minimum Gasteiger partial charge on any atom is -0.246 e. The fourth-order valence-electron chi connectivity index (χ4n) is 4.64. The van der Waals surface area contributed by atoms with Crippen molar-refractivity contribution in [3.8, 4) is 0 Å². The molecule has 0 bridgehead atoms. The van der Waals surface area contributed by atoms with Crippen molar-refractivity contribution in [3.63, 3.8) is 0 Å². The van der Waals surface area contributed by atoms with Crippen LogP contribution in [0.5, 0.6) is 0 Å². The SMILES string of the molecule is C=C(/C=C\C)C(/C=C\CC)=Nc1c(C)c2nc3c(nc2c2nc4c(nc12)C=CC(C)C=C4)C=CC(C)(C)C=C3. The van der Waals surface area contributed by atoms with E-state index in [4.69, 9.17) is 24.9 Å². The molecule has 0 amide bonds. The molecule has 1 atom stereocenters. The molecule has 0 saturated carbocycles. The fraction of sp³-hybridized carbons (Fsp3) is 0.265. The summed E-state index contributed by atoms with van der Waals surface area (Å²) < 4.78 is 0. The van der Waals surface area contributed by atoms with Crippen molar-refractivity contribution in [2.45, 2.75) is 48.0 Å². The highest BCUT2D eigenvalue weighted by Crippen LogP contribution is 2.38. The minimum atomic E-state index is -0.0836. The molecular weight excluding hydrogens is 478 g/mol. The number of aliphatic imine (C=N–C) groups is 1. The maximum atomic E-state index is 5.17. The van der Waals surface area contributed by atoms with Crippen molar-refractivity contribution in [3.05, 3.63) is 89.1 Å². The van der Waals surface area contributed by atoms with E-state index in [1.807, 2.05) is 38.2 Å². The van der Waals surface area contributed by atoms with E-state index >= 15 is 0 Å². The molecule has 3 aromatic rings. The molecule has 2 aliphatic carbocycles. The molecule has 1 aromatic carbocycles. The van der Waals surface area contributed by atoms with Gasteiger partial charge in [-0.05, 0) is 62.1 Å². The van der Waals surface area contributed by atoms with E-state index in [0.717, 1.165) is 62.8 Å². The van der Waals surface area contributed by atoms with Gasteiger partial charge in [-0.3, -0.25) is 0 Å². The topological polar surface area (TPSA) is 63.9 Å². The van der Waals surface area contributed by atoms with Crippen LogP contribution in [0.3, 0.4) is 0 Å². The molecule has 0 fully saturated rings. The van der Waals surface area contributed by atoms with Gasteiger partial charge in [-0.2, -0.15) is 0 Å². The van der Waals surface area contributed by atoms with Crippen LogP contribution in [0.2, 0.25) is 0 Å². The van der Waals surface area contributed by atoms with Gasteiger partial charge in [0.15, 0.2) is 0 Å². The summed E-state index contributed by atoms with van der Waals surface area (Å²) in [7, 11) is 0. The predicted octanol–water partition coefficient (Wildman–Crippen LogP) is 8.79. The van der Waals surface area contributed by atoms with Gasteiger partial charge < -0.3 is 0 Å². The number of fused-ring (bicyclic) bond motifs is 5. The third-order valence-electron chi connectivity index (χ3n) is 6.96. The molecule has 5 heteroatoms. The summed E-state index contributed by atoms with van der Waals surface area (Å²) >= 11 is 0. The van der Waals surface area contributed by atoms with Crippen molar-refractivity contribution >= 4 is 57.8 Å². The molecule has 196 valence electrons. The maximum Gasteiger partial charge on any atom is 0.120 e. The van der Waals surface area contributed by atoms with Gasteiger partial charge in [0.2, 0.25) is 0 Å². The zero-order valence-corrected chi connectivity index (χ0v) is 23.7. The van der Waals surface area contributed by atoms with Crippen LogP contribution < -0.4 is 0 Å². The van der Waals surface area contributed by atoms with Gasteiger partial charge in [-0.1, -0.05) is 76.8 Å². The van der Waals surface area contributed by atoms with Crippen LogP contribution >= 0.6 is 0 Å². The smallest absolute Gasteiger partial charge is 0.120 e. The summed E-state index contributed by atoms with van der Waals surface area (Å²) in [6.45, 7) is 16.9. The predicted molar refractivity (Wildman–Crippen MR) is 167 cm³/mol. The molecule has 0 saturated heterocycles. The second-order valence-electron chi connectivity index (χ2n) is 10.8. The molecule has 39 heavy (non-hydrogen) atoms. The van der Waals surface area contributed by atoms with Crippen LogP contribution in [0.25, 0.3) is 46.4 Å². The lowest BCUT2D eigenvalue weighted by atomic mass is 9.93. The molecule has 5 nitrogen and oxygen atoms in total. The highest BCUT2D eigenvalue weighted by molar-refractivity contribution is 6.15. The van der Waals surface area contributed by atoms with Gasteiger partial charge in [0.05, 0.1) is 39.7 Å². The summed E-state index contributed by atoms with van der Waals surface area (Å²) in [6.07, 6.45) is 25.8. The largest absolute Gasteiger partial charge is 0.246 e. The Morgan fingerprint density at radius 1 is 0.872 bits per heavy atom. The lowest BCUT2D eigenvalue weighted by Gasteiger charge is -2.14. The molecule has 5 rings (SSSR count). The zero-order chi connectivity index (χ0) is 27.7. The maximum absolute atomic E-state index is 5.17. The Morgan fingerprint density at radius 3 is 2.00 bits per heavy atom.